The molecule has 0 aliphatic carbocycles. The molecule has 0 heterocycles. The summed E-state index contributed by atoms with van der Waals surface area (Å²) in [6.45, 7) is 9.23. The number of aryl methyl sites for hydroxylation is 1. The van der Waals surface area contributed by atoms with Crippen molar-refractivity contribution in [1.82, 2.24) is 5.32 Å². The van der Waals surface area contributed by atoms with Crippen LogP contribution in [0.3, 0.4) is 0 Å². The minimum atomic E-state index is -4.28. The van der Waals surface area contributed by atoms with E-state index in [-0.39, 0.29) is 10.8 Å². The maximum atomic E-state index is 12.3. The number of anilines is 1. The number of carbonyl (C=O) groups excluding carboxylic acids is 1. The number of rotatable bonds is 13. The topological polar surface area (TPSA) is 89.5 Å². The number of carbonyl (C=O) groups is 1. The van der Waals surface area contributed by atoms with Crippen molar-refractivity contribution in [3.8, 4) is 0 Å². The predicted octanol–water partition coefficient (Wildman–Crippen LogP) is 5.06. The fourth-order valence-electron chi connectivity index (χ4n) is 4.27. The minimum absolute atomic E-state index is 0.0231. The summed E-state index contributed by atoms with van der Waals surface area (Å²) in [5.74, 6) is 0.838. The summed E-state index contributed by atoms with van der Waals surface area (Å²) in [6, 6.07) is 13.9. The van der Waals surface area contributed by atoms with Crippen LogP contribution in [0.2, 0.25) is 0 Å². The van der Waals surface area contributed by atoms with Crippen LogP contribution in [0.4, 0.5) is 5.69 Å². The molecule has 0 aliphatic heterocycles. The zero-order valence-electron chi connectivity index (χ0n) is 23.8. The molecule has 0 aromatic heterocycles. The number of hydrogen-bond acceptors (Lipinski definition) is 5. The van der Waals surface area contributed by atoms with Gasteiger partial charge in [-0.15, -0.1) is 0 Å². The standard InChI is InChI=1S/C22H39N3O.C7H8O3S/c1-7-9-11-19(8-2)18-25(5,6)17-10-16-23-22(26)20-12-14-21(15-13-20)24(3)4;1-6-4-2-3-5-7(6)11(8,9)10/h12-15,19H,7-11,16-18H2,1-6H3;2-5H,1H3,(H,8,9,10). The van der Waals surface area contributed by atoms with Crippen LogP contribution in [0.1, 0.15) is 61.9 Å². The van der Waals surface area contributed by atoms with Crippen molar-refractivity contribution in [2.75, 3.05) is 52.7 Å². The Kier molecular flexibility index (Phi) is 13.9. The van der Waals surface area contributed by atoms with Gasteiger partial charge in [0.15, 0.2) is 0 Å². The number of unbranched alkanes of at least 4 members (excludes halogenated alkanes) is 1. The van der Waals surface area contributed by atoms with Crippen molar-refractivity contribution in [3.63, 3.8) is 0 Å². The van der Waals surface area contributed by atoms with Gasteiger partial charge in [0.1, 0.15) is 10.1 Å². The molecule has 2 aromatic carbocycles. The highest BCUT2D eigenvalue weighted by Crippen LogP contribution is 2.17. The zero-order chi connectivity index (χ0) is 28.1. The summed E-state index contributed by atoms with van der Waals surface area (Å²) < 4.78 is 32.5. The summed E-state index contributed by atoms with van der Waals surface area (Å²) >= 11 is 0. The van der Waals surface area contributed by atoms with Crippen LogP contribution >= 0.6 is 0 Å². The zero-order valence-corrected chi connectivity index (χ0v) is 24.6. The molecule has 7 nitrogen and oxygen atoms in total. The Balaban J connectivity index is 0.000000516. The molecular weight excluding hydrogens is 486 g/mol. The number of hydrogen-bond donors (Lipinski definition) is 1. The monoisotopic (exact) mass is 533 g/mol. The SMILES string of the molecule is CCCCC(CC)C[N+](C)(C)CCCNC(=O)c1ccc(N(C)C)cc1.Cc1ccccc1S(=O)(=O)[O-]. The lowest BCUT2D eigenvalue weighted by Crippen LogP contribution is -2.45. The van der Waals surface area contributed by atoms with Gasteiger partial charge < -0.3 is 19.3 Å². The van der Waals surface area contributed by atoms with Crippen LogP contribution in [0.15, 0.2) is 53.4 Å². The first-order valence-electron chi connectivity index (χ1n) is 13.2. The van der Waals surface area contributed by atoms with Crippen LogP contribution in [0.25, 0.3) is 0 Å². The third-order valence-corrected chi connectivity index (χ3v) is 7.53. The van der Waals surface area contributed by atoms with E-state index >= 15 is 0 Å². The van der Waals surface area contributed by atoms with E-state index in [1.807, 2.05) is 43.3 Å². The average Bonchev–Trinajstić information content (AvgIpc) is 2.84. The van der Waals surface area contributed by atoms with Gasteiger partial charge >= 0.3 is 0 Å². The van der Waals surface area contributed by atoms with E-state index in [0.717, 1.165) is 41.2 Å². The molecule has 37 heavy (non-hydrogen) atoms. The van der Waals surface area contributed by atoms with Crippen molar-refractivity contribution in [1.29, 1.82) is 0 Å². The molecule has 2 rings (SSSR count). The van der Waals surface area contributed by atoms with E-state index in [9.17, 15) is 17.8 Å². The Labute approximate surface area is 225 Å². The van der Waals surface area contributed by atoms with Crippen LogP contribution < -0.4 is 10.2 Å². The summed E-state index contributed by atoms with van der Waals surface area (Å²) in [5, 5.41) is 3.06. The lowest BCUT2D eigenvalue weighted by Gasteiger charge is -2.33. The van der Waals surface area contributed by atoms with Crippen molar-refractivity contribution in [2.45, 2.75) is 57.8 Å². The van der Waals surface area contributed by atoms with E-state index in [4.69, 9.17) is 0 Å². The number of quaternary nitrogens is 1. The second kappa shape index (κ2) is 15.7. The van der Waals surface area contributed by atoms with E-state index < -0.39 is 10.1 Å². The van der Waals surface area contributed by atoms with Gasteiger partial charge in [0.2, 0.25) is 0 Å². The molecule has 2 aromatic rings. The number of amides is 1. The van der Waals surface area contributed by atoms with Crippen molar-refractivity contribution in [3.05, 3.63) is 59.7 Å². The molecular formula is C29H47N3O4S. The van der Waals surface area contributed by atoms with Crippen molar-refractivity contribution >= 4 is 21.7 Å². The van der Waals surface area contributed by atoms with Gasteiger partial charge in [-0.25, -0.2) is 8.42 Å². The second-order valence-corrected chi connectivity index (χ2v) is 11.9. The van der Waals surface area contributed by atoms with Crippen molar-refractivity contribution < 1.29 is 22.2 Å². The summed E-state index contributed by atoms with van der Waals surface area (Å²) in [5.41, 5.74) is 2.33. The third kappa shape index (κ3) is 12.6. The minimum Gasteiger partial charge on any atom is -0.744 e. The van der Waals surface area contributed by atoms with Gasteiger partial charge in [-0.2, -0.15) is 0 Å². The highest BCUT2D eigenvalue weighted by molar-refractivity contribution is 7.85. The first kappa shape index (κ1) is 32.6. The van der Waals surface area contributed by atoms with Gasteiger partial charge in [-0.1, -0.05) is 44.9 Å². The lowest BCUT2D eigenvalue weighted by molar-refractivity contribution is -0.893. The molecule has 0 saturated carbocycles. The first-order valence-corrected chi connectivity index (χ1v) is 14.6. The number of nitrogens with zero attached hydrogens (tertiary/aromatic N) is 2. The molecule has 1 amide bonds. The molecule has 208 valence electrons. The Bertz CT molecular complexity index is 1050. The maximum Gasteiger partial charge on any atom is 0.251 e. The third-order valence-electron chi connectivity index (χ3n) is 6.53. The summed E-state index contributed by atoms with van der Waals surface area (Å²) in [6.07, 6.45) is 6.24. The molecule has 0 bridgehead atoms. The fourth-order valence-corrected chi connectivity index (χ4v) is 4.97. The molecule has 8 heteroatoms. The molecule has 1 atom stereocenters. The van der Waals surface area contributed by atoms with Crippen LogP contribution in [-0.4, -0.2) is 71.2 Å². The van der Waals surface area contributed by atoms with Gasteiger partial charge in [0, 0.05) is 44.2 Å². The van der Waals surface area contributed by atoms with Crippen LogP contribution in [-0.2, 0) is 10.1 Å². The number of benzene rings is 2. The second-order valence-electron chi connectivity index (χ2n) is 10.5. The Morgan fingerprint density at radius 3 is 2.14 bits per heavy atom. The van der Waals surface area contributed by atoms with E-state index in [2.05, 4.69) is 33.3 Å². The fraction of sp³-hybridized carbons (Fsp3) is 0.552. The van der Waals surface area contributed by atoms with E-state index in [0.29, 0.717) is 5.56 Å². The van der Waals surface area contributed by atoms with Gasteiger partial charge in [-0.05, 0) is 55.7 Å². The number of nitrogens with one attached hydrogen (secondary N) is 1. The molecule has 1 N–H and O–H groups in total. The summed E-state index contributed by atoms with van der Waals surface area (Å²) in [4.78, 5) is 14.2. The normalized spacial score (nSPS) is 12.3. The summed E-state index contributed by atoms with van der Waals surface area (Å²) in [7, 11) is 4.35. The van der Waals surface area contributed by atoms with Gasteiger partial charge in [-0.3, -0.25) is 4.79 Å². The quantitative estimate of drug-likeness (QED) is 0.221. The molecule has 0 aliphatic rings. The first-order chi connectivity index (χ1) is 17.3. The molecule has 0 radical (unpaired) electrons. The Hall–Kier alpha value is -2.42. The molecule has 0 spiro atoms. The average molecular weight is 534 g/mol. The molecule has 0 saturated heterocycles. The van der Waals surface area contributed by atoms with E-state index in [1.54, 1.807) is 19.1 Å². The Morgan fingerprint density at radius 2 is 1.65 bits per heavy atom. The van der Waals surface area contributed by atoms with Gasteiger partial charge in [0.05, 0.1) is 32.1 Å². The lowest BCUT2D eigenvalue weighted by atomic mass is 9.98. The highest BCUT2D eigenvalue weighted by Gasteiger charge is 2.20. The molecule has 1 unspecified atom stereocenters. The maximum absolute atomic E-state index is 12.3. The largest absolute Gasteiger partial charge is 0.744 e. The Morgan fingerprint density at radius 1 is 1.03 bits per heavy atom. The smallest absolute Gasteiger partial charge is 0.251 e. The highest BCUT2D eigenvalue weighted by atomic mass is 32.2. The van der Waals surface area contributed by atoms with Crippen LogP contribution in [0, 0.1) is 12.8 Å². The van der Waals surface area contributed by atoms with Crippen molar-refractivity contribution in [2.24, 2.45) is 5.92 Å². The van der Waals surface area contributed by atoms with E-state index in [1.165, 1.54) is 44.4 Å². The van der Waals surface area contributed by atoms with Crippen LogP contribution in [0.5, 0.6) is 0 Å². The predicted molar refractivity (Wildman–Crippen MR) is 152 cm³/mol. The molecule has 0 fully saturated rings. The van der Waals surface area contributed by atoms with Gasteiger partial charge in [0.25, 0.3) is 5.91 Å².